The number of amidine groups is 1. The summed E-state index contributed by atoms with van der Waals surface area (Å²) in [6.07, 6.45) is 0. The van der Waals surface area contributed by atoms with Crippen molar-refractivity contribution in [1.29, 1.82) is 0 Å². The molecule has 0 aromatic heterocycles. The van der Waals surface area contributed by atoms with Gasteiger partial charge in [0, 0.05) is 16.8 Å². The van der Waals surface area contributed by atoms with Crippen LogP contribution in [0.2, 0.25) is 5.02 Å². The molecule has 1 aromatic carbocycles. The van der Waals surface area contributed by atoms with Crippen LogP contribution in [0, 0.1) is 0 Å². The van der Waals surface area contributed by atoms with Gasteiger partial charge in [0.25, 0.3) is 0 Å². The minimum Gasteiger partial charge on any atom is -0.285 e. The van der Waals surface area contributed by atoms with Gasteiger partial charge in [0.2, 0.25) is 5.91 Å². The zero-order valence-electron chi connectivity index (χ0n) is 8.58. The lowest BCUT2D eigenvalue weighted by Crippen LogP contribution is -2.41. The van der Waals surface area contributed by atoms with Gasteiger partial charge in [0.15, 0.2) is 0 Å². The molecule has 1 amide bonds. The van der Waals surface area contributed by atoms with Crippen LogP contribution < -0.4 is 10.9 Å². The molecule has 1 aliphatic rings. The molecule has 2 N–H and O–H groups in total. The number of carbonyl (C=O) groups excluding carboxylic acids is 1. The number of aliphatic imine (C=N–C) groups is 1. The number of fused-ring (bicyclic) bond motifs is 1. The van der Waals surface area contributed by atoms with Gasteiger partial charge in [0.05, 0.1) is 11.4 Å². The maximum atomic E-state index is 10.7. The maximum absolute atomic E-state index is 10.7. The number of thioether (sulfide) groups is 1. The van der Waals surface area contributed by atoms with Crippen LogP contribution in [0.1, 0.15) is 6.92 Å². The molecule has 6 heteroatoms. The van der Waals surface area contributed by atoms with E-state index in [2.05, 4.69) is 15.8 Å². The summed E-state index contributed by atoms with van der Waals surface area (Å²) in [4.78, 5) is 16.1. The van der Waals surface area contributed by atoms with Crippen molar-refractivity contribution in [3.63, 3.8) is 0 Å². The van der Waals surface area contributed by atoms with E-state index in [1.165, 1.54) is 6.92 Å². The average Bonchev–Trinajstić information content (AvgIpc) is 2.26. The number of hydrazine groups is 1. The van der Waals surface area contributed by atoms with E-state index in [1.54, 1.807) is 17.8 Å². The highest BCUT2D eigenvalue weighted by Gasteiger charge is 2.12. The molecule has 84 valence electrons. The van der Waals surface area contributed by atoms with Gasteiger partial charge in [0.1, 0.15) is 5.84 Å². The van der Waals surface area contributed by atoms with Gasteiger partial charge in [-0.25, -0.2) is 4.99 Å². The molecule has 0 unspecified atom stereocenters. The number of carbonyl (C=O) groups is 1. The normalized spacial score (nSPS) is 13.8. The Kier molecular flexibility index (Phi) is 3.36. The molecule has 1 aromatic rings. The lowest BCUT2D eigenvalue weighted by molar-refractivity contribution is -0.119. The van der Waals surface area contributed by atoms with Gasteiger partial charge >= 0.3 is 0 Å². The largest absolute Gasteiger partial charge is 0.285 e. The Morgan fingerprint density at radius 3 is 3.12 bits per heavy atom. The molecule has 1 aliphatic heterocycles. The minimum atomic E-state index is -0.144. The van der Waals surface area contributed by atoms with E-state index in [1.807, 2.05) is 12.1 Å². The third kappa shape index (κ3) is 2.68. The second-order valence-corrected chi connectivity index (χ2v) is 4.72. The summed E-state index contributed by atoms with van der Waals surface area (Å²) in [5.41, 5.74) is 6.14. The van der Waals surface area contributed by atoms with Crippen molar-refractivity contribution in [3.05, 3.63) is 23.2 Å². The molecule has 0 saturated heterocycles. The van der Waals surface area contributed by atoms with Gasteiger partial charge in [-0.1, -0.05) is 11.6 Å². The van der Waals surface area contributed by atoms with Crippen LogP contribution in [0.3, 0.4) is 0 Å². The van der Waals surface area contributed by atoms with Gasteiger partial charge in [-0.15, -0.1) is 11.8 Å². The maximum Gasteiger partial charge on any atom is 0.235 e. The zero-order chi connectivity index (χ0) is 11.5. The number of rotatable bonds is 0. The van der Waals surface area contributed by atoms with E-state index in [0.29, 0.717) is 10.8 Å². The van der Waals surface area contributed by atoms with Crippen LogP contribution >= 0.6 is 23.4 Å². The summed E-state index contributed by atoms with van der Waals surface area (Å²) in [5, 5.41) is 0.708. The molecule has 1 heterocycles. The zero-order valence-corrected chi connectivity index (χ0v) is 10.2. The van der Waals surface area contributed by atoms with Crippen LogP contribution in [0.25, 0.3) is 0 Å². The van der Waals surface area contributed by atoms with Crippen molar-refractivity contribution in [2.75, 3.05) is 5.75 Å². The van der Waals surface area contributed by atoms with Crippen molar-refractivity contribution < 1.29 is 4.79 Å². The van der Waals surface area contributed by atoms with Gasteiger partial charge in [-0.05, 0) is 18.2 Å². The van der Waals surface area contributed by atoms with Crippen molar-refractivity contribution in [1.82, 2.24) is 10.9 Å². The molecule has 0 fully saturated rings. The molecule has 0 aliphatic carbocycles. The summed E-state index contributed by atoms with van der Waals surface area (Å²) in [7, 11) is 0. The first-order valence-electron chi connectivity index (χ1n) is 4.67. The Morgan fingerprint density at radius 2 is 2.38 bits per heavy atom. The first-order chi connectivity index (χ1) is 7.65. The lowest BCUT2D eigenvalue weighted by atomic mass is 10.3. The monoisotopic (exact) mass is 255 g/mol. The smallest absolute Gasteiger partial charge is 0.235 e. The number of hydrogen-bond donors (Lipinski definition) is 2. The number of hydrogen-bond acceptors (Lipinski definition) is 4. The summed E-state index contributed by atoms with van der Waals surface area (Å²) in [5.74, 6) is 1.28. The Balaban J connectivity index is 2.15. The van der Waals surface area contributed by atoms with Crippen LogP contribution in [0.4, 0.5) is 5.69 Å². The topological polar surface area (TPSA) is 53.5 Å². The Hall–Kier alpha value is -1.20. The number of halogens is 1. The van der Waals surface area contributed by atoms with Gasteiger partial charge in [-0.3, -0.25) is 15.6 Å². The Labute approximate surface area is 102 Å². The Bertz CT molecular complexity index is 461. The second-order valence-electron chi connectivity index (χ2n) is 3.27. The molecule has 0 atom stereocenters. The van der Waals surface area contributed by atoms with E-state index in [0.717, 1.165) is 16.4 Å². The third-order valence-electron chi connectivity index (χ3n) is 1.92. The van der Waals surface area contributed by atoms with Gasteiger partial charge in [-0.2, -0.15) is 0 Å². The van der Waals surface area contributed by atoms with Crippen LogP contribution in [-0.4, -0.2) is 17.5 Å². The van der Waals surface area contributed by atoms with Crippen LogP contribution in [0.15, 0.2) is 28.1 Å². The SMILES string of the molecule is CC(=O)NNC1=Nc2ccc(Cl)cc2SC1. The number of nitrogens with one attached hydrogen (secondary N) is 2. The van der Waals surface area contributed by atoms with E-state index >= 15 is 0 Å². The molecule has 0 saturated carbocycles. The fraction of sp³-hybridized carbons (Fsp3) is 0.200. The highest BCUT2D eigenvalue weighted by atomic mass is 35.5. The number of amides is 1. The van der Waals surface area contributed by atoms with Crippen molar-refractivity contribution in [2.24, 2.45) is 4.99 Å². The Morgan fingerprint density at radius 1 is 1.56 bits per heavy atom. The predicted octanol–water partition coefficient (Wildman–Crippen LogP) is 2.12. The highest BCUT2D eigenvalue weighted by Crippen LogP contribution is 2.35. The fourth-order valence-electron chi connectivity index (χ4n) is 1.24. The van der Waals surface area contributed by atoms with Crippen molar-refractivity contribution >= 4 is 40.8 Å². The van der Waals surface area contributed by atoms with E-state index in [4.69, 9.17) is 11.6 Å². The molecule has 2 rings (SSSR count). The quantitative estimate of drug-likeness (QED) is 0.699. The lowest BCUT2D eigenvalue weighted by Gasteiger charge is -2.16. The summed E-state index contributed by atoms with van der Waals surface area (Å²) in [6, 6.07) is 5.55. The van der Waals surface area contributed by atoms with E-state index < -0.39 is 0 Å². The van der Waals surface area contributed by atoms with Gasteiger partial charge < -0.3 is 0 Å². The molecule has 0 spiro atoms. The number of benzene rings is 1. The molecule has 0 radical (unpaired) electrons. The molecular formula is C10H10ClN3OS. The third-order valence-corrected chi connectivity index (χ3v) is 3.22. The standard InChI is InChI=1S/C10H10ClN3OS/c1-6(15)13-14-10-5-16-9-4-7(11)2-3-8(9)12-10/h2-4H,5H2,1H3,(H,12,14)(H,13,15). The summed E-state index contributed by atoms with van der Waals surface area (Å²) in [6.45, 7) is 1.44. The van der Waals surface area contributed by atoms with Crippen molar-refractivity contribution in [2.45, 2.75) is 11.8 Å². The highest BCUT2D eigenvalue weighted by molar-refractivity contribution is 8.00. The molecule has 0 bridgehead atoms. The first kappa shape index (κ1) is 11.3. The average molecular weight is 256 g/mol. The van der Waals surface area contributed by atoms with E-state index in [-0.39, 0.29) is 5.91 Å². The second kappa shape index (κ2) is 4.76. The fourth-order valence-corrected chi connectivity index (χ4v) is 2.38. The number of nitrogens with zero attached hydrogens (tertiary/aromatic N) is 1. The molecule has 4 nitrogen and oxygen atoms in total. The van der Waals surface area contributed by atoms with Crippen LogP contribution in [0.5, 0.6) is 0 Å². The summed E-state index contributed by atoms with van der Waals surface area (Å²) < 4.78 is 0. The molecule has 16 heavy (non-hydrogen) atoms. The minimum absolute atomic E-state index is 0.144. The summed E-state index contributed by atoms with van der Waals surface area (Å²) >= 11 is 7.51. The predicted molar refractivity (Wildman–Crippen MR) is 66.2 cm³/mol. The van der Waals surface area contributed by atoms with E-state index in [9.17, 15) is 4.79 Å². The molecular weight excluding hydrogens is 246 g/mol. The van der Waals surface area contributed by atoms with Crippen molar-refractivity contribution in [3.8, 4) is 0 Å². The first-order valence-corrected chi connectivity index (χ1v) is 6.04. The van der Waals surface area contributed by atoms with Crippen LogP contribution in [-0.2, 0) is 4.79 Å².